The van der Waals surface area contributed by atoms with Crippen LogP contribution in [-0.4, -0.2) is 59.0 Å². The second-order valence-electron chi connectivity index (χ2n) is 8.41. The number of carbonyl (C=O) groups excluding carboxylic acids is 1. The zero-order chi connectivity index (χ0) is 23.7. The van der Waals surface area contributed by atoms with E-state index in [1.807, 2.05) is 6.07 Å². The number of anilines is 3. The van der Waals surface area contributed by atoms with Crippen LogP contribution >= 0.6 is 0 Å². The molecule has 0 radical (unpaired) electrons. The second kappa shape index (κ2) is 9.03. The lowest BCUT2D eigenvalue weighted by atomic mass is 10.1. The number of nitrogen functional groups attached to an aromatic ring is 1. The van der Waals surface area contributed by atoms with Crippen LogP contribution in [0.25, 0.3) is 22.0 Å². The van der Waals surface area contributed by atoms with Crippen LogP contribution in [-0.2, 0) is 0 Å². The van der Waals surface area contributed by atoms with Crippen molar-refractivity contribution in [1.82, 2.24) is 19.9 Å². The highest BCUT2D eigenvalue weighted by molar-refractivity contribution is 6.05. The number of aromatic nitrogens is 3. The van der Waals surface area contributed by atoms with Gasteiger partial charge in [-0.1, -0.05) is 0 Å². The summed E-state index contributed by atoms with van der Waals surface area (Å²) in [6, 6.07) is 11.4. The van der Waals surface area contributed by atoms with Crippen LogP contribution in [0, 0.1) is 5.82 Å². The van der Waals surface area contributed by atoms with Crippen molar-refractivity contribution < 1.29 is 9.18 Å². The number of nitrogens with zero attached hydrogens (tertiary/aromatic N) is 5. The molecule has 0 unspecified atom stereocenters. The molecular formula is C25H24FN7O. The minimum Gasteiger partial charge on any atom is -0.399 e. The summed E-state index contributed by atoms with van der Waals surface area (Å²) in [6.45, 7) is 3.65. The molecule has 8 nitrogen and oxygen atoms in total. The molecule has 4 heterocycles. The number of carbonyl (C=O) groups is 1. The maximum absolute atomic E-state index is 13.8. The van der Waals surface area contributed by atoms with Crippen molar-refractivity contribution >= 4 is 34.0 Å². The van der Waals surface area contributed by atoms with E-state index in [-0.39, 0.29) is 5.91 Å². The Morgan fingerprint density at radius 3 is 2.56 bits per heavy atom. The van der Waals surface area contributed by atoms with Gasteiger partial charge in [0.1, 0.15) is 17.5 Å². The van der Waals surface area contributed by atoms with Crippen molar-refractivity contribution in [2.45, 2.75) is 0 Å². The van der Waals surface area contributed by atoms with Gasteiger partial charge in [-0.3, -0.25) is 9.78 Å². The van der Waals surface area contributed by atoms with E-state index < -0.39 is 5.82 Å². The molecule has 172 valence electrons. The van der Waals surface area contributed by atoms with Gasteiger partial charge in [0.25, 0.3) is 5.91 Å². The quantitative estimate of drug-likeness (QED) is 0.453. The van der Waals surface area contributed by atoms with E-state index in [2.05, 4.69) is 37.1 Å². The Kier molecular flexibility index (Phi) is 5.77. The number of pyridine rings is 3. The Morgan fingerprint density at radius 1 is 0.971 bits per heavy atom. The van der Waals surface area contributed by atoms with Gasteiger partial charge in [0.2, 0.25) is 0 Å². The van der Waals surface area contributed by atoms with Gasteiger partial charge in [-0.15, -0.1) is 0 Å². The average molecular weight is 458 g/mol. The molecule has 1 fully saturated rings. The van der Waals surface area contributed by atoms with Gasteiger partial charge in [0.15, 0.2) is 0 Å². The molecule has 0 bridgehead atoms. The molecule has 4 aromatic rings. The van der Waals surface area contributed by atoms with Gasteiger partial charge in [-0.25, -0.2) is 14.4 Å². The maximum atomic E-state index is 13.8. The number of piperazine rings is 1. The maximum Gasteiger partial charge on any atom is 0.257 e. The van der Waals surface area contributed by atoms with Crippen molar-refractivity contribution in [3.8, 4) is 11.3 Å². The molecule has 0 atom stereocenters. The highest BCUT2D eigenvalue weighted by Gasteiger charge is 2.17. The first-order chi connectivity index (χ1) is 16.4. The molecule has 1 aliphatic heterocycles. The van der Waals surface area contributed by atoms with Crippen molar-refractivity contribution in [2.24, 2.45) is 0 Å². The summed E-state index contributed by atoms with van der Waals surface area (Å²) in [6.07, 6.45) is 4.96. The van der Waals surface area contributed by atoms with Crippen molar-refractivity contribution in [3.63, 3.8) is 0 Å². The molecule has 0 saturated carbocycles. The predicted molar refractivity (Wildman–Crippen MR) is 131 cm³/mol. The van der Waals surface area contributed by atoms with Crippen molar-refractivity contribution in [1.29, 1.82) is 0 Å². The molecule has 5 rings (SSSR count). The summed E-state index contributed by atoms with van der Waals surface area (Å²) in [5.74, 6) is 0.508. The summed E-state index contributed by atoms with van der Waals surface area (Å²) in [5.41, 5.74) is 7.77. The number of nitrogens with two attached hydrogens (primary N) is 1. The first kappa shape index (κ1) is 21.7. The monoisotopic (exact) mass is 457 g/mol. The molecule has 0 spiro atoms. The zero-order valence-corrected chi connectivity index (χ0v) is 18.7. The number of amides is 1. The number of rotatable bonds is 4. The van der Waals surface area contributed by atoms with Crippen LogP contribution in [0.5, 0.6) is 0 Å². The lowest BCUT2D eigenvalue weighted by molar-refractivity contribution is 0.102. The number of likely N-dealkylation sites (N-methyl/N-ethyl adjacent to an activating group) is 1. The van der Waals surface area contributed by atoms with Gasteiger partial charge < -0.3 is 20.9 Å². The summed E-state index contributed by atoms with van der Waals surface area (Å²) in [4.78, 5) is 30.5. The number of hydrogen-bond acceptors (Lipinski definition) is 7. The summed E-state index contributed by atoms with van der Waals surface area (Å²) >= 11 is 0. The van der Waals surface area contributed by atoms with Gasteiger partial charge in [-0.2, -0.15) is 0 Å². The summed E-state index contributed by atoms with van der Waals surface area (Å²) in [5, 5.41) is 4.47. The third-order valence-corrected chi connectivity index (χ3v) is 5.90. The van der Waals surface area contributed by atoms with E-state index >= 15 is 0 Å². The summed E-state index contributed by atoms with van der Waals surface area (Å²) < 4.78 is 13.8. The lowest BCUT2D eigenvalue weighted by Crippen LogP contribution is -2.44. The van der Waals surface area contributed by atoms with Crippen molar-refractivity contribution in [3.05, 3.63) is 72.4 Å². The van der Waals surface area contributed by atoms with Gasteiger partial charge in [-0.05, 0) is 54.9 Å². The molecule has 1 aromatic carbocycles. The topological polar surface area (TPSA) is 100 Å². The number of fused-ring (bicyclic) bond motifs is 1. The van der Waals surface area contributed by atoms with Crippen LogP contribution < -0.4 is 16.0 Å². The molecule has 3 N–H and O–H groups in total. The largest absolute Gasteiger partial charge is 0.399 e. The van der Waals surface area contributed by atoms with Crippen LogP contribution in [0.15, 0.2) is 61.1 Å². The Balaban J connectivity index is 1.37. The Labute approximate surface area is 196 Å². The standard InChI is InChI=1S/C25H24FN7O/c1-32-4-6-33(7-5-32)24-12-16(2-3-28-24)25(34)31-23-11-17-10-22(29-14-19(17)15-30-23)18-8-20(26)13-21(27)9-18/h2-3,8-15H,4-7,27H2,1H3,(H,30,31,34). The first-order valence-corrected chi connectivity index (χ1v) is 11.0. The average Bonchev–Trinajstić information content (AvgIpc) is 2.83. The predicted octanol–water partition coefficient (Wildman–Crippen LogP) is 3.42. The third kappa shape index (κ3) is 4.65. The zero-order valence-electron chi connectivity index (χ0n) is 18.7. The smallest absolute Gasteiger partial charge is 0.257 e. The molecular weight excluding hydrogens is 433 g/mol. The Hall–Kier alpha value is -4.11. The minimum absolute atomic E-state index is 0.267. The second-order valence-corrected chi connectivity index (χ2v) is 8.41. The van der Waals surface area contributed by atoms with E-state index in [4.69, 9.17) is 5.73 Å². The Morgan fingerprint density at radius 2 is 1.76 bits per heavy atom. The number of nitrogens with one attached hydrogen (secondary N) is 1. The first-order valence-electron chi connectivity index (χ1n) is 11.0. The fourth-order valence-electron chi connectivity index (χ4n) is 3.98. The lowest BCUT2D eigenvalue weighted by Gasteiger charge is -2.33. The molecule has 1 aliphatic rings. The van der Waals surface area contributed by atoms with Crippen LogP contribution in [0.4, 0.5) is 21.7 Å². The van der Waals surface area contributed by atoms with Gasteiger partial charge >= 0.3 is 0 Å². The number of benzene rings is 1. The summed E-state index contributed by atoms with van der Waals surface area (Å²) in [7, 11) is 2.10. The minimum atomic E-state index is -0.423. The van der Waals surface area contributed by atoms with Gasteiger partial charge in [0.05, 0.1) is 5.69 Å². The molecule has 9 heteroatoms. The van der Waals surface area contributed by atoms with E-state index in [1.54, 1.807) is 42.9 Å². The molecule has 34 heavy (non-hydrogen) atoms. The van der Waals surface area contributed by atoms with Crippen molar-refractivity contribution in [2.75, 3.05) is 49.2 Å². The molecule has 3 aromatic heterocycles. The van der Waals surface area contributed by atoms with E-state index in [1.165, 1.54) is 12.1 Å². The van der Waals surface area contributed by atoms with Crippen LogP contribution in [0.2, 0.25) is 0 Å². The van der Waals surface area contributed by atoms with Crippen LogP contribution in [0.3, 0.4) is 0 Å². The molecule has 1 saturated heterocycles. The third-order valence-electron chi connectivity index (χ3n) is 5.90. The van der Waals surface area contributed by atoms with E-state index in [9.17, 15) is 9.18 Å². The number of hydrogen-bond donors (Lipinski definition) is 2. The number of halogens is 1. The molecule has 0 aliphatic carbocycles. The fraction of sp³-hybridized carbons (Fsp3) is 0.200. The highest BCUT2D eigenvalue weighted by Crippen LogP contribution is 2.26. The van der Waals surface area contributed by atoms with E-state index in [0.29, 0.717) is 28.3 Å². The Bertz CT molecular complexity index is 1350. The SMILES string of the molecule is CN1CCN(c2cc(C(=O)Nc3cc4cc(-c5cc(N)cc(F)c5)ncc4cn3)ccn2)CC1. The fourth-order valence-corrected chi connectivity index (χ4v) is 3.98. The normalized spacial score (nSPS) is 14.4. The van der Waals surface area contributed by atoms with Crippen LogP contribution in [0.1, 0.15) is 10.4 Å². The van der Waals surface area contributed by atoms with Gasteiger partial charge in [0, 0.05) is 67.0 Å². The highest BCUT2D eigenvalue weighted by atomic mass is 19.1. The molecule has 1 amide bonds. The van der Waals surface area contributed by atoms with E-state index in [0.717, 1.165) is 42.8 Å².